The van der Waals surface area contributed by atoms with E-state index >= 15 is 0 Å². The zero-order valence-electron chi connectivity index (χ0n) is 11.6. The molecule has 0 bridgehead atoms. The minimum absolute atomic E-state index is 0.952. The topological polar surface area (TPSA) is 41.1 Å². The van der Waals surface area contributed by atoms with Gasteiger partial charge in [0.05, 0.1) is 15.6 Å². The first-order chi connectivity index (χ1) is 9.26. The van der Waals surface area contributed by atoms with Crippen molar-refractivity contribution in [2.24, 2.45) is 0 Å². The fourth-order valence-electron chi connectivity index (χ4n) is 1.84. The molecule has 0 aliphatic rings. The van der Waals surface area contributed by atoms with Gasteiger partial charge in [0, 0.05) is 31.6 Å². The quantitative estimate of drug-likeness (QED) is 0.852. The van der Waals surface area contributed by atoms with Crippen LogP contribution in [-0.2, 0) is 6.42 Å². The zero-order valence-corrected chi connectivity index (χ0v) is 13.3. The lowest BCUT2D eigenvalue weighted by Crippen LogP contribution is -2.25. The Morgan fingerprint density at radius 1 is 1.32 bits per heavy atom. The van der Waals surface area contributed by atoms with Crippen molar-refractivity contribution in [2.75, 3.05) is 32.0 Å². The summed E-state index contributed by atoms with van der Waals surface area (Å²) in [6.45, 7) is 7.69. The second-order valence-electron chi connectivity index (χ2n) is 4.18. The molecular weight excluding hydrogens is 276 g/mol. The van der Waals surface area contributed by atoms with Crippen LogP contribution < -0.4 is 5.32 Å². The van der Waals surface area contributed by atoms with E-state index in [0.717, 1.165) is 41.8 Å². The first-order valence-corrected chi connectivity index (χ1v) is 8.27. The summed E-state index contributed by atoms with van der Waals surface area (Å²) < 4.78 is 0. The second kappa shape index (κ2) is 6.98. The van der Waals surface area contributed by atoms with E-state index in [1.54, 1.807) is 22.7 Å². The molecule has 2 heterocycles. The first kappa shape index (κ1) is 14.4. The van der Waals surface area contributed by atoms with Crippen LogP contribution in [0.2, 0.25) is 0 Å². The van der Waals surface area contributed by atoms with Crippen LogP contribution in [0.25, 0.3) is 10.6 Å². The van der Waals surface area contributed by atoms with Gasteiger partial charge in [-0.25, -0.2) is 9.97 Å². The van der Waals surface area contributed by atoms with Gasteiger partial charge in [0.1, 0.15) is 0 Å². The molecule has 2 aromatic heterocycles. The number of likely N-dealkylation sites (N-methyl/N-ethyl adjacent to an activating group) is 1. The van der Waals surface area contributed by atoms with Crippen molar-refractivity contribution in [2.45, 2.75) is 20.3 Å². The van der Waals surface area contributed by atoms with Crippen LogP contribution in [0.4, 0.5) is 5.13 Å². The molecular formula is C13H20N4S2. The fraction of sp³-hybridized carbons (Fsp3) is 0.538. The molecule has 0 amide bonds. The van der Waals surface area contributed by atoms with Crippen LogP contribution in [0.15, 0.2) is 11.6 Å². The van der Waals surface area contributed by atoms with E-state index in [4.69, 9.17) is 0 Å². The summed E-state index contributed by atoms with van der Waals surface area (Å²) in [6, 6.07) is 0. The molecule has 104 valence electrons. The highest BCUT2D eigenvalue weighted by Gasteiger charge is 2.09. The van der Waals surface area contributed by atoms with Crippen LogP contribution in [-0.4, -0.2) is 41.5 Å². The van der Waals surface area contributed by atoms with Gasteiger partial charge in [-0.2, -0.15) is 0 Å². The zero-order chi connectivity index (χ0) is 13.7. The number of hydrogen-bond donors (Lipinski definition) is 1. The summed E-state index contributed by atoms with van der Waals surface area (Å²) in [7, 11) is 1.89. The van der Waals surface area contributed by atoms with E-state index < -0.39 is 0 Å². The third kappa shape index (κ3) is 3.75. The summed E-state index contributed by atoms with van der Waals surface area (Å²) in [5.41, 5.74) is 1.03. The lowest BCUT2D eigenvalue weighted by atomic mass is 10.4. The largest absolute Gasteiger partial charge is 0.365 e. The SMILES string of the molecule is CCN(CC)CCc1ncc(-c2csc(NC)n2)s1. The average molecular weight is 296 g/mol. The molecule has 6 heteroatoms. The fourth-order valence-corrected chi connectivity index (χ4v) is 3.45. The smallest absolute Gasteiger partial charge is 0.182 e. The maximum atomic E-state index is 4.51. The standard InChI is InChI=1S/C13H20N4S2/c1-4-17(5-2)7-6-12-15-8-11(19-12)10-9-18-13(14-3)16-10/h8-9H,4-7H2,1-3H3,(H,14,16). The number of hydrogen-bond acceptors (Lipinski definition) is 6. The Balaban J connectivity index is 1.98. The van der Waals surface area contributed by atoms with Crippen molar-refractivity contribution in [1.29, 1.82) is 0 Å². The van der Waals surface area contributed by atoms with Gasteiger partial charge in [0.15, 0.2) is 5.13 Å². The van der Waals surface area contributed by atoms with Crippen LogP contribution in [0.1, 0.15) is 18.9 Å². The third-order valence-electron chi connectivity index (χ3n) is 3.06. The van der Waals surface area contributed by atoms with Gasteiger partial charge in [0.25, 0.3) is 0 Å². The maximum absolute atomic E-state index is 4.51. The van der Waals surface area contributed by atoms with E-state index in [1.807, 2.05) is 13.2 Å². The normalized spacial score (nSPS) is 11.2. The van der Waals surface area contributed by atoms with Crippen LogP contribution in [0, 0.1) is 0 Å². The molecule has 19 heavy (non-hydrogen) atoms. The van der Waals surface area contributed by atoms with Gasteiger partial charge in [-0.15, -0.1) is 22.7 Å². The Hall–Kier alpha value is -0.980. The van der Waals surface area contributed by atoms with Crippen molar-refractivity contribution in [3.63, 3.8) is 0 Å². The molecule has 0 aromatic carbocycles. The van der Waals surface area contributed by atoms with Crippen LogP contribution in [0.5, 0.6) is 0 Å². The summed E-state index contributed by atoms with van der Waals surface area (Å²) in [5.74, 6) is 0. The molecule has 4 nitrogen and oxygen atoms in total. The molecule has 1 N–H and O–H groups in total. The number of nitrogens with one attached hydrogen (secondary N) is 1. The Morgan fingerprint density at radius 3 is 2.74 bits per heavy atom. The molecule has 0 unspecified atom stereocenters. The third-order valence-corrected chi connectivity index (χ3v) is 5.00. The second-order valence-corrected chi connectivity index (χ2v) is 6.16. The van der Waals surface area contributed by atoms with Crippen molar-refractivity contribution >= 4 is 27.8 Å². The van der Waals surface area contributed by atoms with Crippen molar-refractivity contribution in [3.05, 3.63) is 16.6 Å². The maximum Gasteiger partial charge on any atom is 0.182 e. The molecule has 2 aromatic rings. The summed E-state index contributed by atoms with van der Waals surface area (Å²) in [5, 5.41) is 7.29. The average Bonchev–Trinajstić information content (AvgIpc) is 3.08. The first-order valence-electron chi connectivity index (χ1n) is 6.57. The molecule has 2 rings (SSSR count). The van der Waals surface area contributed by atoms with Gasteiger partial charge in [-0.05, 0) is 13.1 Å². The highest BCUT2D eigenvalue weighted by atomic mass is 32.1. The number of nitrogens with zero attached hydrogens (tertiary/aromatic N) is 3. The molecule has 0 saturated carbocycles. The van der Waals surface area contributed by atoms with E-state index in [0.29, 0.717) is 0 Å². The van der Waals surface area contributed by atoms with E-state index in [-0.39, 0.29) is 0 Å². The minimum Gasteiger partial charge on any atom is -0.365 e. The Morgan fingerprint density at radius 2 is 2.11 bits per heavy atom. The van der Waals surface area contributed by atoms with Crippen molar-refractivity contribution in [1.82, 2.24) is 14.9 Å². The van der Waals surface area contributed by atoms with Gasteiger partial charge in [-0.1, -0.05) is 13.8 Å². The molecule has 0 saturated heterocycles. The predicted octanol–water partition coefficient (Wildman–Crippen LogP) is 3.19. The molecule has 0 spiro atoms. The van der Waals surface area contributed by atoms with Crippen molar-refractivity contribution in [3.8, 4) is 10.6 Å². The molecule has 0 aliphatic heterocycles. The summed E-state index contributed by atoms with van der Waals surface area (Å²) >= 11 is 3.38. The van der Waals surface area contributed by atoms with E-state index in [1.165, 1.54) is 5.01 Å². The van der Waals surface area contributed by atoms with Gasteiger partial charge in [-0.3, -0.25) is 0 Å². The number of aromatic nitrogens is 2. The van der Waals surface area contributed by atoms with Crippen LogP contribution >= 0.6 is 22.7 Å². The van der Waals surface area contributed by atoms with Crippen LogP contribution in [0.3, 0.4) is 0 Å². The predicted molar refractivity (Wildman–Crippen MR) is 84.3 cm³/mol. The molecule has 0 fully saturated rings. The lowest BCUT2D eigenvalue weighted by molar-refractivity contribution is 0.308. The minimum atomic E-state index is 0.952. The Kier molecular flexibility index (Phi) is 5.30. The van der Waals surface area contributed by atoms with Crippen molar-refractivity contribution < 1.29 is 0 Å². The Bertz CT molecular complexity index is 502. The van der Waals surface area contributed by atoms with Gasteiger partial charge in [0.2, 0.25) is 0 Å². The highest BCUT2D eigenvalue weighted by Crippen LogP contribution is 2.29. The Labute approximate surface area is 122 Å². The number of anilines is 1. The number of rotatable bonds is 7. The summed E-state index contributed by atoms with van der Waals surface area (Å²) in [4.78, 5) is 12.6. The highest BCUT2D eigenvalue weighted by molar-refractivity contribution is 7.16. The molecule has 0 atom stereocenters. The van der Waals surface area contributed by atoms with Gasteiger partial charge < -0.3 is 10.2 Å². The monoisotopic (exact) mass is 296 g/mol. The van der Waals surface area contributed by atoms with E-state index in [9.17, 15) is 0 Å². The molecule has 0 radical (unpaired) electrons. The van der Waals surface area contributed by atoms with Gasteiger partial charge >= 0.3 is 0 Å². The van der Waals surface area contributed by atoms with E-state index in [2.05, 4.69) is 39.4 Å². The number of thiazole rings is 2. The lowest BCUT2D eigenvalue weighted by Gasteiger charge is -2.16. The summed E-state index contributed by atoms with van der Waals surface area (Å²) in [6.07, 6.45) is 2.96. The molecule has 0 aliphatic carbocycles.